The van der Waals surface area contributed by atoms with Crippen molar-refractivity contribution in [3.63, 3.8) is 0 Å². The Morgan fingerprint density at radius 1 is 1.37 bits per heavy atom. The molecular formula is C12H10ClN3O3. The number of rotatable bonds is 3. The summed E-state index contributed by atoms with van der Waals surface area (Å²) < 4.78 is 5.48. The highest BCUT2D eigenvalue weighted by Crippen LogP contribution is 2.29. The fraction of sp³-hybridized carbons (Fsp3) is 0.0833. The zero-order chi connectivity index (χ0) is 14.0. The number of nitrogens with two attached hydrogens (primary N) is 1. The van der Waals surface area contributed by atoms with Gasteiger partial charge in [-0.05, 0) is 24.6 Å². The SMILES string of the molecule is Cc1ccc(Cl)cc1Oc1cc([N+](=O)[O-])cc(N)n1. The number of benzene rings is 1. The molecule has 19 heavy (non-hydrogen) atoms. The van der Waals surface area contributed by atoms with Gasteiger partial charge in [0.05, 0.1) is 17.1 Å². The van der Waals surface area contributed by atoms with Crippen LogP contribution in [0.1, 0.15) is 5.56 Å². The van der Waals surface area contributed by atoms with Crippen LogP contribution >= 0.6 is 11.6 Å². The summed E-state index contributed by atoms with van der Waals surface area (Å²) in [7, 11) is 0. The van der Waals surface area contributed by atoms with Gasteiger partial charge in [0.25, 0.3) is 5.69 Å². The number of nitrogen functional groups attached to an aromatic ring is 1. The second kappa shape index (κ2) is 5.11. The topological polar surface area (TPSA) is 91.3 Å². The summed E-state index contributed by atoms with van der Waals surface area (Å²) in [6.07, 6.45) is 0. The minimum absolute atomic E-state index is 0.0175. The van der Waals surface area contributed by atoms with E-state index in [0.29, 0.717) is 10.8 Å². The molecule has 6 nitrogen and oxygen atoms in total. The number of nitrogens with zero attached hydrogens (tertiary/aromatic N) is 2. The molecule has 0 radical (unpaired) electrons. The monoisotopic (exact) mass is 279 g/mol. The molecule has 1 aromatic heterocycles. The lowest BCUT2D eigenvalue weighted by Gasteiger charge is -2.08. The van der Waals surface area contributed by atoms with Gasteiger partial charge in [0, 0.05) is 5.02 Å². The summed E-state index contributed by atoms with van der Waals surface area (Å²) in [5.74, 6) is 0.542. The van der Waals surface area contributed by atoms with Crippen molar-refractivity contribution < 1.29 is 9.66 Å². The van der Waals surface area contributed by atoms with Gasteiger partial charge in [0.1, 0.15) is 11.6 Å². The van der Waals surface area contributed by atoms with Gasteiger partial charge < -0.3 is 10.5 Å². The average molecular weight is 280 g/mol. The second-order valence-corrected chi connectivity index (χ2v) is 4.29. The van der Waals surface area contributed by atoms with Crippen molar-refractivity contribution in [3.05, 3.63) is 51.0 Å². The number of nitro groups is 1. The van der Waals surface area contributed by atoms with E-state index in [1.54, 1.807) is 18.2 Å². The molecule has 0 saturated heterocycles. The predicted molar refractivity (Wildman–Crippen MR) is 71.6 cm³/mol. The van der Waals surface area contributed by atoms with Crippen molar-refractivity contribution >= 4 is 23.1 Å². The van der Waals surface area contributed by atoms with Crippen LogP contribution in [0.3, 0.4) is 0 Å². The molecule has 0 saturated carbocycles. The molecule has 2 aromatic rings. The summed E-state index contributed by atoms with van der Waals surface area (Å²) in [5, 5.41) is 11.2. The normalized spacial score (nSPS) is 10.2. The van der Waals surface area contributed by atoms with E-state index in [1.165, 1.54) is 6.07 Å². The molecule has 1 aromatic carbocycles. The second-order valence-electron chi connectivity index (χ2n) is 3.86. The Balaban J connectivity index is 2.38. The van der Waals surface area contributed by atoms with E-state index < -0.39 is 4.92 Å². The maximum absolute atomic E-state index is 10.7. The van der Waals surface area contributed by atoms with Gasteiger partial charge in [-0.3, -0.25) is 10.1 Å². The Kier molecular flexibility index (Phi) is 3.52. The molecule has 2 N–H and O–H groups in total. The van der Waals surface area contributed by atoms with E-state index in [4.69, 9.17) is 22.1 Å². The van der Waals surface area contributed by atoms with Gasteiger partial charge in [-0.2, -0.15) is 4.98 Å². The first-order valence-corrected chi connectivity index (χ1v) is 5.69. The first kappa shape index (κ1) is 13.1. The van der Waals surface area contributed by atoms with Crippen LogP contribution in [-0.2, 0) is 0 Å². The van der Waals surface area contributed by atoms with Crippen LogP contribution in [0.25, 0.3) is 0 Å². The molecule has 0 unspecified atom stereocenters. The summed E-state index contributed by atoms with van der Waals surface area (Å²) in [4.78, 5) is 14.1. The lowest BCUT2D eigenvalue weighted by atomic mass is 10.2. The Bertz CT molecular complexity index is 646. The molecule has 0 aliphatic carbocycles. The van der Waals surface area contributed by atoms with Gasteiger partial charge >= 0.3 is 0 Å². The molecule has 2 rings (SSSR count). The van der Waals surface area contributed by atoms with Gasteiger partial charge in [0.15, 0.2) is 0 Å². The number of halogens is 1. The fourth-order valence-electron chi connectivity index (χ4n) is 1.47. The third kappa shape index (κ3) is 3.11. The standard InChI is InChI=1S/C12H10ClN3O3/c1-7-2-3-8(13)4-10(7)19-12-6-9(16(17)18)5-11(14)15-12/h2-6H,1H3,(H2,14,15). The Morgan fingerprint density at radius 2 is 2.11 bits per heavy atom. The maximum Gasteiger partial charge on any atom is 0.278 e. The van der Waals surface area contributed by atoms with E-state index in [0.717, 1.165) is 11.6 Å². The predicted octanol–water partition coefficient (Wildman–Crippen LogP) is 3.33. The average Bonchev–Trinajstić information content (AvgIpc) is 2.33. The largest absolute Gasteiger partial charge is 0.438 e. The smallest absolute Gasteiger partial charge is 0.278 e. The van der Waals surface area contributed by atoms with Crippen molar-refractivity contribution in [2.24, 2.45) is 0 Å². The quantitative estimate of drug-likeness (QED) is 0.687. The van der Waals surface area contributed by atoms with E-state index in [-0.39, 0.29) is 17.4 Å². The summed E-state index contributed by atoms with van der Waals surface area (Å²) >= 11 is 5.86. The summed E-state index contributed by atoms with van der Waals surface area (Å²) in [6.45, 7) is 1.83. The first-order chi connectivity index (χ1) is 8.95. The first-order valence-electron chi connectivity index (χ1n) is 5.31. The van der Waals surface area contributed by atoms with Crippen LogP contribution < -0.4 is 10.5 Å². The van der Waals surface area contributed by atoms with Crippen LogP contribution in [0.5, 0.6) is 11.6 Å². The number of pyridine rings is 1. The van der Waals surface area contributed by atoms with Crippen LogP contribution in [0, 0.1) is 17.0 Å². The van der Waals surface area contributed by atoms with Gasteiger partial charge in [-0.1, -0.05) is 17.7 Å². The van der Waals surface area contributed by atoms with E-state index in [9.17, 15) is 10.1 Å². The molecule has 98 valence electrons. The highest BCUT2D eigenvalue weighted by Gasteiger charge is 2.12. The molecule has 1 heterocycles. The molecule has 0 aliphatic heterocycles. The van der Waals surface area contributed by atoms with Crippen molar-refractivity contribution in [1.82, 2.24) is 4.98 Å². The van der Waals surface area contributed by atoms with Crippen molar-refractivity contribution in [1.29, 1.82) is 0 Å². The molecule has 0 bridgehead atoms. The maximum atomic E-state index is 10.7. The van der Waals surface area contributed by atoms with E-state index in [1.807, 2.05) is 6.92 Å². The molecule has 0 aliphatic rings. The summed E-state index contributed by atoms with van der Waals surface area (Å²) in [5.41, 5.74) is 6.15. The third-order valence-corrected chi connectivity index (χ3v) is 2.62. The van der Waals surface area contributed by atoms with Crippen molar-refractivity contribution in [3.8, 4) is 11.6 Å². The van der Waals surface area contributed by atoms with Crippen LogP contribution in [0.4, 0.5) is 11.5 Å². The van der Waals surface area contributed by atoms with Crippen molar-refractivity contribution in [2.75, 3.05) is 5.73 Å². The number of aromatic nitrogens is 1. The zero-order valence-electron chi connectivity index (χ0n) is 9.96. The molecule has 0 amide bonds. The molecule has 0 atom stereocenters. The van der Waals surface area contributed by atoms with Crippen LogP contribution in [0.15, 0.2) is 30.3 Å². The molecule has 7 heteroatoms. The Labute approximate surface area is 113 Å². The van der Waals surface area contributed by atoms with Crippen LogP contribution in [0.2, 0.25) is 5.02 Å². The van der Waals surface area contributed by atoms with Gasteiger partial charge in [-0.25, -0.2) is 0 Å². The van der Waals surface area contributed by atoms with Crippen LogP contribution in [-0.4, -0.2) is 9.91 Å². The Hall–Kier alpha value is -2.34. The number of aryl methyl sites for hydroxylation is 1. The third-order valence-electron chi connectivity index (χ3n) is 2.38. The van der Waals surface area contributed by atoms with E-state index >= 15 is 0 Å². The lowest BCUT2D eigenvalue weighted by Crippen LogP contribution is -1.98. The van der Waals surface area contributed by atoms with Gasteiger partial charge in [0.2, 0.25) is 5.88 Å². The fourth-order valence-corrected chi connectivity index (χ4v) is 1.63. The van der Waals surface area contributed by atoms with Gasteiger partial charge in [-0.15, -0.1) is 0 Å². The number of ether oxygens (including phenoxy) is 1. The Morgan fingerprint density at radius 3 is 2.79 bits per heavy atom. The highest BCUT2D eigenvalue weighted by molar-refractivity contribution is 6.30. The number of anilines is 1. The zero-order valence-corrected chi connectivity index (χ0v) is 10.7. The molecule has 0 spiro atoms. The van der Waals surface area contributed by atoms with Crippen molar-refractivity contribution in [2.45, 2.75) is 6.92 Å². The minimum atomic E-state index is -0.560. The molecular weight excluding hydrogens is 270 g/mol. The lowest BCUT2D eigenvalue weighted by molar-refractivity contribution is -0.384. The number of hydrogen-bond donors (Lipinski definition) is 1. The minimum Gasteiger partial charge on any atom is -0.438 e. The van der Waals surface area contributed by atoms with E-state index in [2.05, 4.69) is 4.98 Å². The summed E-state index contributed by atoms with van der Waals surface area (Å²) in [6, 6.07) is 7.47. The molecule has 0 fully saturated rings. The number of hydrogen-bond acceptors (Lipinski definition) is 5. The highest BCUT2D eigenvalue weighted by atomic mass is 35.5.